The first kappa shape index (κ1) is 22.6. The van der Waals surface area contributed by atoms with Crippen molar-refractivity contribution in [1.82, 2.24) is 14.6 Å². The molecule has 0 spiro atoms. The molecule has 1 aliphatic carbocycles. The number of carbonyl (C=O) groups excluding carboxylic acids is 2. The monoisotopic (exact) mass is 535 g/mol. The number of aryl methyl sites for hydroxylation is 1. The van der Waals surface area contributed by atoms with E-state index >= 15 is 0 Å². The number of halogens is 3. The van der Waals surface area contributed by atoms with Gasteiger partial charge >= 0.3 is 0 Å². The van der Waals surface area contributed by atoms with Crippen molar-refractivity contribution in [3.8, 4) is 0 Å². The summed E-state index contributed by atoms with van der Waals surface area (Å²) in [6, 6.07) is 12.9. The van der Waals surface area contributed by atoms with Gasteiger partial charge in [-0.1, -0.05) is 71.2 Å². The fourth-order valence-electron chi connectivity index (χ4n) is 4.34. The molecule has 0 atom stereocenters. The van der Waals surface area contributed by atoms with Gasteiger partial charge in [-0.2, -0.15) is 4.52 Å². The van der Waals surface area contributed by atoms with Crippen LogP contribution in [0.3, 0.4) is 0 Å². The molecule has 6 rings (SSSR count). The first-order valence-corrected chi connectivity index (χ1v) is 11.7. The predicted octanol–water partition coefficient (Wildman–Crippen LogP) is 6.64. The number of fused-ring (bicyclic) bond motifs is 4. The van der Waals surface area contributed by atoms with Crippen LogP contribution in [-0.4, -0.2) is 26.2 Å². The van der Waals surface area contributed by atoms with Crippen molar-refractivity contribution in [2.45, 2.75) is 6.92 Å². The summed E-state index contributed by atoms with van der Waals surface area (Å²) in [5.74, 6) is -0.575. The number of aromatic amines is 1. The molecule has 0 unspecified atom stereocenters. The topological polar surface area (TPSA) is 109 Å². The Balaban J connectivity index is 1.54. The van der Waals surface area contributed by atoms with E-state index in [9.17, 15) is 14.4 Å². The summed E-state index contributed by atoms with van der Waals surface area (Å²) >= 11 is 18.7. The van der Waals surface area contributed by atoms with Gasteiger partial charge in [0.2, 0.25) is 0 Å². The van der Waals surface area contributed by atoms with Crippen molar-refractivity contribution in [3.05, 3.63) is 102 Å². The zero-order valence-corrected chi connectivity index (χ0v) is 20.5. The number of benzene rings is 3. The largest absolute Gasteiger partial charge is 0.292 e. The molecule has 0 bridgehead atoms. The van der Waals surface area contributed by atoms with Crippen LogP contribution in [0.1, 0.15) is 37.5 Å². The normalized spacial score (nSPS) is 13.1. The number of rotatable bonds is 2. The fourth-order valence-corrected chi connectivity index (χ4v) is 5.07. The van der Waals surface area contributed by atoms with Gasteiger partial charge in [0.05, 0.1) is 42.9 Å². The van der Waals surface area contributed by atoms with Crippen LogP contribution in [0, 0.1) is 6.92 Å². The number of aromatic nitrogens is 3. The molecule has 1 aliphatic rings. The van der Waals surface area contributed by atoms with Crippen molar-refractivity contribution in [2.75, 3.05) is 0 Å². The number of carbonyl (C=O) groups is 2. The maximum Gasteiger partial charge on any atom is 0.282 e. The van der Waals surface area contributed by atoms with E-state index in [-0.39, 0.29) is 65.7 Å². The number of hydrogen-bond acceptors (Lipinski definition) is 6. The Bertz CT molecular complexity index is 1910. The number of nitrogens with zero attached hydrogens (tertiary/aromatic N) is 4. The third-order valence-electron chi connectivity index (χ3n) is 6.03. The smallest absolute Gasteiger partial charge is 0.282 e. The summed E-state index contributed by atoms with van der Waals surface area (Å²) in [4.78, 5) is 43.9. The molecule has 2 aromatic heterocycles. The van der Waals surface area contributed by atoms with E-state index in [1.54, 1.807) is 49.4 Å². The van der Waals surface area contributed by atoms with Crippen LogP contribution in [0.4, 0.5) is 11.4 Å². The number of azo groups is 1. The second-order valence-electron chi connectivity index (χ2n) is 8.14. The van der Waals surface area contributed by atoms with E-state index < -0.39 is 5.56 Å². The maximum absolute atomic E-state index is 13.2. The van der Waals surface area contributed by atoms with Crippen LogP contribution in [0.2, 0.25) is 15.1 Å². The molecular weight excluding hydrogens is 525 g/mol. The van der Waals surface area contributed by atoms with Crippen LogP contribution < -0.4 is 5.56 Å². The van der Waals surface area contributed by atoms with Crippen LogP contribution >= 0.6 is 34.8 Å². The first-order chi connectivity index (χ1) is 17.3. The van der Waals surface area contributed by atoms with E-state index in [4.69, 9.17) is 34.8 Å². The number of H-pyrrole nitrogens is 1. The predicted molar refractivity (Wildman–Crippen MR) is 137 cm³/mol. The lowest BCUT2D eigenvalue weighted by Gasteiger charge is -2.18. The SMILES string of the molecule is Cc1[nH]n2c(=O)c3c(Cl)c(Cl)cc(Cl)c3nc2c1N=Nc1cccc2c1C(=O)c1ccccc1C2=O. The Hall–Kier alpha value is -3.85. The molecule has 8 nitrogen and oxygen atoms in total. The lowest BCUT2D eigenvalue weighted by atomic mass is 9.83. The number of ketones is 2. The Morgan fingerprint density at radius 1 is 0.861 bits per heavy atom. The average molecular weight is 537 g/mol. The zero-order chi connectivity index (χ0) is 25.3. The Morgan fingerprint density at radius 3 is 2.31 bits per heavy atom. The molecule has 0 aliphatic heterocycles. The van der Waals surface area contributed by atoms with Gasteiger partial charge in [-0.15, -0.1) is 10.2 Å². The molecule has 2 heterocycles. The van der Waals surface area contributed by atoms with Crippen molar-refractivity contribution < 1.29 is 9.59 Å². The second-order valence-corrected chi connectivity index (χ2v) is 9.34. The summed E-state index contributed by atoms with van der Waals surface area (Å²) < 4.78 is 1.18. The van der Waals surface area contributed by atoms with Crippen molar-refractivity contribution >= 4 is 74.3 Å². The highest BCUT2D eigenvalue weighted by Gasteiger charge is 2.31. The molecule has 11 heteroatoms. The minimum absolute atomic E-state index is 0.0396. The van der Waals surface area contributed by atoms with Crippen LogP contribution in [0.5, 0.6) is 0 Å². The quantitative estimate of drug-likeness (QED) is 0.198. The summed E-state index contributed by atoms with van der Waals surface area (Å²) in [6.45, 7) is 1.69. The van der Waals surface area contributed by atoms with E-state index in [0.717, 1.165) is 0 Å². The average Bonchev–Trinajstić information content (AvgIpc) is 3.19. The molecule has 36 heavy (non-hydrogen) atoms. The lowest BCUT2D eigenvalue weighted by Crippen LogP contribution is -2.20. The third kappa shape index (κ3) is 3.15. The third-order valence-corrected chi connectivity index (χ3v) is 7.10. The molecule has 1 N–H and O–H groups in total. The summed E-state index contributed by atoms with van der Waals surface area (Å²) in [6.07, 6.45) is 0. The number of hydrogen-bond donors (Lipinski definition) is 1. The van der Waals surface area contributed by atoms with E-state index in [1.165, 1.54) is 10.6 Å². The van der Waals surface area contributed by atoms with Crippen molar-refractivity contribution in [3.63, 3.8) is 0 Å². The minimum atomic E-state index is -0.511. The molecule has 0 radical (unpaired) electrons. The molecular formula is C25H12Cl3N5O3. The molecule has 0 saturated carbocycles. The highest BCUT2D eigenvalue weighted by Crippen LogP contribution is 2.37. The van der Waals surface area contributed by atoms with Gasteiger partial charge in [-0.05, 0) is 19.1 Å². The zero-order valence-electron chi connectivity index (χ0n) is 18.3. The van der Waals surface area contributed by atoms with E-state index in [0.29, 0.717) is 16.8 Å². The number of nitrogens with one attached hydrogen (secondary N) is 1. The van der Waals surface area contributed by atoms with Crippen LogP contribution in [-0.2, 0) is 0 Å². The molecule has 5 aromatic rings. The summed E-state index contributed by atoms with van der Waals surface area (Å²) in [7, 11) is 0. The lowest BCUT2D eigenvalue weighted by molar-refractivity contribution is 0.0979. The summed E-state index contributed by atoms with van der Waals surface area (Å²) in [5, 5.41) is 11.9. The van der Waals surface area contributed by atoms with E-state index in [1.807, 2.05) is 0 Å². The first-order valence-electron chi connectivity index (χ1n) is 10.6. The highest BCUT2D eigenvalue weighted by atomic mass is 35.5. The van der Waals surface area contributed by atoms with Crippen molar-refractivity contribution in [1.29, 1.82) is 0 Å². The molecule has 0 saturated heterocycles. The second kappa shape index (κ2) is 8.09. The van der Waals surface area contributed by atoms with Crippen LogP contribution in [0.15, 0.2) is 63.6 Å². The fraction of sp³-hybridized carbons (Fsp3) is 0.0400. The van der Waals surface area contributed by atoms with Gasteiger partial charge in [0.25, 0.3) is 5.56 Å². The standard InChI is InChI=1S/C25H12Cl3N5O3/c1-10-20(24-29-21-15(27)9-14(26)19(28)18(21)25(36)33(24)32-10)31-30-16-8-4-7-13-17(16)23(35)12-6-3-2-5-11(12)22(13)34/h2-9,32H,1H3. The van der Waals surface area contributed by atoms with Crippen LogP contribution in [0.25, 0.3) is 16.6 Å². The summed E-state index contributed by atoms with van der Waals surface area (Å²) in [5.41, 5.74) is 1.85. The molecule has 0 fully saturated rings. The van der Waals surface area contributed by atoms with E-state index in [2.05, 4.69) is 20.3 Å². The Kier molecular flexibility index (Phi) is 5.08. The minimum Gasteiger partial charge on any atom is -0.292 e. The van der Waals surface area contributed by atoms with Gasteiger partial charge in [-0.3, -0.25) is 19.5 Å². The van der Waals surface area contributed by atoms with Gasteiger partial charge in [0, 0.05) is 16.7 Å². The van der Waals surface area contributed by atoms with Crippen molar-refractivity contribution in [2.24, 2.45) is 10.2 Å². The highest BCUT2D eigenvalue weighted by molar-refractivity contribution is 6.47. The Labute approximate surface area is 217 Å². The maximum atomic E-state index is 13.2. The Morgan fingerprint density at radius 2 is 1.56 bits per heavy atom. The van der Waals surface area contributed by atoms with Gasteiger partial charge in [0.1, 0.15) is 0 Å². The molecule has 0 amide bonds. The molecule has 176 valence electrons. The van der Waals surface area contributed by atoms with Gasteiger partial charge < -0.3 is 0 Å². The van der Waals surface area contributed by atoms with Gasteiger partial charge in [0.15, 0.2) is 22.9 Å². The molecule has 3 aromatic carbocycles. The van der Waals surface area contributed by atoms with Gasteiger partial charge in [-0.25, -0.2) is 4.98 Å².